The van der Waals surface area contributed by atoms with Gasteiger partial charge in [-0.1, -0.05) is 59.6 Å². The molecule has 0 bridgehead atoms. The number of carbonyl (C=O) groups is 1. The van der Waals surface area contributed by atoms with Gasteiger partial charge in [0.2, 0.25) is 0 Å². The molecule has 0 radical (unpaired) electrons. The van der Waals surface area contributed by atoms with Crippen molar-refractivity contribution < 1.29 is 30.7 Å². The molecule has 1 aromatic rings. The van der Waals surface area contributed by atoms with Gasteiger partial charge in [-0.25, -0.2) is 0 Å². The molecule has 1 aromatic carbocycles. The summed E-state index contributed by atoms with van der Waals surface area (Å²) in [6, 6.07) is 7.32. The Labute approximate surface area is 148 Å². The van der Waals surface area contributed by atoms with E-state index >= 15 is 0 Å². The predicted molar refractivity (Wildman–Crippen MR) is 88.3 cm³/mol. The van der Waals surface area contributed by atoms with E-state index in [0.717, 1.165) is 12.2 Å². The second-order valence-electron chi connectivity index (χ2n) is 4.85. The first-order chi connectivity index (χ1) is 10.9. The summed E-state index contributed by atoms with van der Waals surface area (Å²) in [5.74, 6) is -0.892. The van der Waals surface area contributed by atoms with Crippen LogP contribution in [0.25, 0.3) is 0 Å². The van der Waals surface area contributed by atoms with Crippen LogP contribution in [0.15, 0.2) is 53.0 Å². The lowest BCUT2D eigenvalue weighted by Gasteiger charge is -2.29. The number of benzene rings is 1. The fourth-order valence-electron chi connectivity index (χ4n) is 2.22. The van der Waals surface area contributed by atoms with E-state index in [9.17, 15) is 30.7 Å². The zero-order valence-corrected chi connectivity index (χ0v) is 14.8. The maximum Gasteiger partial charge on any atom is 0.292 e. The van der Waals surface area contributed by atoms with Gasteiger partial charge in [-0.3, -0.25) is 13.9 Å². The van der Waals surface area contributed by atoms with Crippen molar-refractivity contribution in [3.05, 3.63) is 58.5 Å². The molecule has 0 amide bonds. The number of allylic oxidation sites excluding steroid dienone is 3. The highest BCUT2D eigenvalue weighted by molar-refractivity contribution is 7.93. The number of alkyl halides is 2. The minimum absolute atomic E-state index is 0.0315. The Bertz CT molecular complexity index is 945. The normalized spacial score (nSPS) is 20.9. The molecule has 7 nitrogen and oxygen atoms in total. The second-order valence-corrected chi connectivity index (χ2v) is 9.19. The first kappa shape index (κ1) is 19.1. The number of Topliss-reactive ketones (excluding diaryl/α,β-unsaturated/α-hetero) is 1. The third-order valence-corrected chi connectivity index (χ3v) is 6.49. The molecule has 1 aliphatic rings. The van der Waals surface area contributed by atoms with E-state index in [2.05, 4.69) is 0 Å². The standard InChI is InChI=1S/C13H10Cl2O7S2/c14-13(15)7-6-9(10(16)8-4-2-1-3-5-8)11(23(17,18)19)12(13)24(20,21)22/h1-7,12H,(H,17,18,19)(H,20,21,22). The van der Waals surface area contributed by atoms with Gasteiger partial charge in [-0.2, -0.15) is 16.8 Å². The van der Waals surface area contributed by atoms with Crippen LogP contribution in [0.1, 0.15) is 10.4 Å². The molecule has 11 heteroatoms. The van der Waals surface area contributed by atoms with Crippen LogP contribution < -0.4 is 0 Å². The maximum atomic E-state index is 12.5. The molecule has 24 heavy (non-hydrogen) atoms. The molecule has 2 rings (SSSR count). The van der Waals surface area contributed by atoms with Gasteiger partial charge < -0.3 is 0 Å². The number of rotatable bonds is 4. The van der Waals surface area contributed by atoms with Crippen molar-refractivity contribution in [3.63, 3.8) is 0 Å². The molecule has 1 aliphatic carbocycles. The Hall–Kier alpha value is -1.23. The highest BCUT2D eigenvalue weighted by Gasteiger charge is 2.52. The summed E-state index contributed by atoms with van der Waals surface area (Å²) in [4.78, 5) is 11.2. The third kappa shape index (κ3) is 3.71. The van der Waals surface area contributed by atoms with E-state index in [1.807, 2.05) is 0 Å². The highest BCUT2D eigenvalue weighted by atomic mass is 35.5. The Morgan fingerprint density at radius 2 is 1.58 bits per heavy atom. The number of ketones is 1. The van der Waals surface area contributed by atoms with E-state index in [0.29, 0.717) is 0 Å². The molecule has 1 atom stereocenters. The summed E-state index contributed by atoms with van der Waals surface area (Å²) in [7, 11) is -10.4. The monoisotopic (exact) mass is 412 g/mol. The summed E-state index contributed by atoms with van der Waals surface area (Å²) in [5, 5.41) is -2.46. The van der Waals surface area contributed by atoms with Gasteiger partial charge in [0.25, 0.3) is 20.2 Å². The molecule has 1 unspecified atom stereocenters. The lowest BCUT2D eigenvalue weighted by Crippen LogP contribution is -2.43. The van der Waals surface area contributed by atoms with Crippen LogP contribution in [0, 0.1) is 0 Å². The van der Waals surface area contributed by atoms with Crippen LogP contribution >= 0.6 is 23.2 Å². The van der Waals surface area contributed by atoms with E-state index in [1.54, 1.807) is 6.07 Å². The van der Waals surface area contributed by atoms with Crippen LogP contribution in [0.2, 0.25) is 0 Å². The fourth-order valence-corrected chi connectivity index (χ4v) is 5.87. The average molecular weight is 413 g/mol. The largest absolute Gasteiger partial charge is 0.292 e. The van der Waals surface area contributed by atoms with Crippen LogP contribution in [-0.4, -0.2) is 41.3 Å². The van der Waals surface area contributed by atoms with Crippen molar-refractivity contribution in [3.8, 4) is 0 Å². The van der Waals surface area contributed by atoms with Crippen molar-refractivity contribution in [2.45, 2.75) is 9.58 Å². The topological polar surface area (TPSA) is 126 Å². The predicted octanol–water partition coefficient (Wildman–Crippen LogP) is 2.01. The van der Waals surface area contributed by atoms with Gasteiger partial charge in [0.1, 0.15) is 4.91 Å². The van der Waals surface area contributed by atoms with E-state index in [4.69, 9.17) is 23.2 Å². The molecule has 0 saturated heterocycles. The van der Waals surface area contributed by atoms with Crippen molar-refractivity contribution in [2.75, 3.05) is 0 Å². The molecule has 2 N–H and O–H groups in total. The summed E-state index contributed by atoms with van der Waals surface area (Å²) in [5.41, 5.74) is -0.632. The van der Waals surface area contributed by atoms with Crippen molar-refractivity contribution in [1.82, 2.24) is 0 Å². The van der Waals surface area contributed by atoms with Crippen LogP contribution in [-0.2, 0) is 20.2 Å². The summed E-state index contributed by atoms with van der Waals surface area (Å²) < 4.78 is 62.9. The van der Waals surface area contributed by atoms with Crippen molar-refractivity contribution >= 4 is 49.2 Å². The number of hydrogen-bond donors (Lipinski definition) is 2. The average Bonchev–Trinajstić information content (AvgIpc) is 2.44. The first-order valence-electron chi connectivity index (χ1n) is 6.20. The lowest BCUT2D eigenvalue weighted by atomic mass is 9.97. The zero-order chi connectivity index (χ0) is 18.3. The third-order valence-electron chi connectivity index (χ3n) is 3.18. The molecule has 130 valence electrons. The molecule has 0 saturated carbocycles. The Balaban J connectivity index is 2.81. The van der Waals surface area contributed by atoms with E-state index < -0.39 is 46.1 Å². The van der Waals surface area contributed by atoms with E-state index in [-0.39, 0.29) is 5.56 Å². The molecule has 0 fully saturated rings. The SMILES string of the molecule is O=C(C1=C(S(=O)(=O)O)C(S(=O)(=O)O)C(Cl)(Cl)C=C1)c1ccccc1. The fraction of sp³-hybridized carbons (Fsp3) is 0.154. The Kier molecular flexibility index (Phi) is 4.97. The number of carbonyl (C=O) groups excluding carboxylic acids is 1. The minimum Gasteiger partial charge on any atom is -0.289 e. The van der Waals surface area contributed by atoms with Crippen LogP contribution in [0.5, 0.6) is 0 Å². The smallest absolute Gasteiger partial charge is 0.289 e. The Morgan fingerprint density at radius 1 is 1.04 bits per heavy atom. The van der Waals surface area contributed by atoms with Gasteiger partial charge in [0.15, 0.2) is 15.4 Å². The van der Waals surface area contributed by atoms with Crippen LogP contribution in [0.3, 0.4) is 0 Å². The van der Waals surface area contributed by atoms with Gasteiger partial charge >= 0.3 is 0 Å². The highest BCUT2D eigenvalue weighted by Crippen LogP contribution is 2.42. The summed E-state index contributed by atoms with van der Waals surface area (Å²) in [6.07, 6.45) is 1.74. The van der Waals surface area contributed by atoms with Crippen molar-refractivity contribution in [1.29, 1.82) is 0 Å². The van der Waals surface area contributed by atoms with Gasteiger partial charge in [0.05, 0.1) is 0 Å². The molecule has 0 aromatic heterocycles. The quantitative estimate of drug-likeness (QED) is 0.439. The van der Waals surface area contributed by atoms with Crippen molar-refractivity contribution in [2.24, 2.45) is 0 Å². The molecular formula is C13H10Cl2O7S2. The maximum absolute atomic E-state index is 12.5. The minimum atomic E-state index is -5.23. The zero-order valence-electron chi connectivity index (χ0n) is 11.6. The molecule has 0 heterocycles. The van der Waals surface area contributed by atoms with Gasteiger partial charge in [0, 0.05) is 11.1 Å². The Morgan fingerprint density at radius 3 is 2.04 bits per heavy atom. The van der Waals surface area contributed by atoms with Crippen LogP contribution in [0.4, 0.5) is 0 Å². The van der Waals surface area contributed by atoms with E-state index in [1.165, 1.54) is 24.3 Å². The van der Waals surface area contributed by atoms with Gasteiger partial charge in [-0.15, -0.1) is 0 Å². The molecular weight excluding hydrogens is 403 g/mol. The molecule has 0 aliphatic heterocycles. The second kappa shape index (κ2) is 6.25. The summed E-state index contributed by atoms with van der Waals surface area (Å²) >= 11 is 11.5. The first-order valence-corrected chi connectivity index (χ1v) is 9.90. The summed E-state index contributed by atoms with van der Waals surface area (Å²) in [6.45, 7) is 0. The molecule has 0 spiro atoms. The number of halogens is 2. The number of hydrogen-bond acceptors (Lipinski definition) is 5. The lowest BCUT2D eigenvalue weighted by molar-refractivity contribution is 0.103. The van der Waals surface area contributed by atoms with Gasteiger partial charge in [-0.05, 0) is 6.08 Å².